The van der Waals surface area contributed by atoms with E-state index in [1.54, 1.807) is 20.1 Å². The van der Waals surface area contributed by atoms with Gasteiger partial charge >= 0.3 is 0 Å². The maximum atomic E-state index is 9.72. The van der Waals surface area contributed by atoms with E-state index in [0.29, 0.717) is 23.1 Å². The fourth-order valence-electron chi connectivity index (χ4n) is 3.69. The summed E-state index contributed by atoms with van der Waals surface area (Å²) in [5.41, 5.74) is 1.74. The Morgan fingerprint density at radius 3 is 2.35 bits per heavy atom. The Hall–Kier alpha value is -2.94. The molecular weight excluding hydrogens is 410 g/mol. The van der Waals surface area contributed by atoms with Gasteiger partial charge in [-0.3, -0.25) is 0 Å². The van der Waals surface area contributed by atoms with Crippen LogP contribution in [0.1, 0.15) is 54.4 Å². The maximum Gasteiger partial charge on any atom is 0.172 e. The van der Waals surface area contributed by atoms with E-state index < -0.39 is 5.60 Å². The Morgan fingerprint density at radius 1 is 1.19 bits per heavy atom. The van der Waals surface area contributed by atoms with E-state index in [1.807, 2.05) is 31.2 Å². The van der Waals surface area contributed by atoms with Crippen molar-refractivity contribution >= 4 is 11.6 Å². The van der Waals surface area contributed by atoms with Crippen LogP contribution in [0.3, 0.4) is 0 Å². The van der Waals surface area contributed by atoms with Crippen LogP contribution in [0.15, 0.2) is 57.1 Å². The first-order valence-electron chi connectivity index (χ1n) is 10.3. The Balaban J connectivity index is 2.58. The second-order valence-electron chi connectivity index (χ2n) is 9.18. The largest absolute Gasteiger partial charge is 0.501 e. The minimum absolute atomic E-state index is 0.0327. The van der Waals surface area contributed by atoms with E-state index in [4.69, 9.17) is 21.1 Å². The van der Waals surface area contributed by atoms with Gasteiger partial charge in [-0.25, -0.2) is 0 Å². The van der Waals surface area contributed by atoms with Gasteiger partial charge in [0, 0.05) is 11.1 Å². The number of allylic oxidation sites excluding steroid dienone is 6. The zero-order valence-corrected chi connectivity index (χ0v) is 19.7. The summed E-state index contributed by atoms with van der Waals surface area (Å²) >= 11 is 6.72. The summed E-state index contributed by atoms with van der Waals surface area (Å²) in [5, 5.41) is 28.8. The van der Waals surface area contributed by atoms with Crippen LogP contribution < -0.4 is 0 Å². The molecule has 1 unspecified atom stereocenters. The predicted molar refractivity (Wildman–Crippen MR) is 120 cm³/mol. The van der Waals surface area contributed by atoms with Crippen LogP contribution in [-0.4, -0.2) is 12.2 Å². The highest BCUT2D eigenvalue weighted by Gasteiger charge is 2.39. The second-order valence-corrected chi connectivity index (χ2v) is 9.56. The monoisotopic (exact) mass is 437 g/mol. The highest BCUT2D eigenvalue weighted by atomic mass is 35.5. The molecule has 0 aromatic heterocycles. The Morgan fingerprint density at radius 2 is 1.84 bits per heavy atom. The lowest BCUT2D eigenvalue weighted by molar-refractivity contribution is 0.0954. The number of halogens is 1. The first kappa shape index (κ1) is 24.3. The van der Waals surface area contributed by atoms with E-state index in [-0.39, 0.29) is 22.3 Å². The molecule has 0 amide bonds. The first-order chi connectivity index (χ1) is 14.5. The molecule has 5 nitrogen and oxygen atoms in total. The Kier molecular flexibility index (Phi) is 7.43. The number of hydrogen-bond acceptors (Lipinski definition) is 5. The van der Waals surface area contributed by atoms with Gasteiger partial charge in [0.1, 0.15) is 29.4 Å². The third kappa shape index (κ3) is 5.22. The van der Waals surface area contributed by atoms with Crippen LogP contribution in [0.4, 0.5) is 0 Å². The first-order valence-corrected chi connectivity index (χ1v) is 10.6. The third-order valence-corrected chi connectivity index (χ3v) is 6.11. The van der Waals surface area contributed by atoms with Crippen molar-refractivity contribution in [3.8, 4) is 18.2 Å². The van der Waals surface area contributed by atoms with Crippen molar-refractivity contribution in [1.82, 2.24) is 0 Å². The fourth-order valence-corrected chi connectivity index (χ4v) is 3.95. The second kappa shape index (κ2) is 9.47. The van der Waals surface area contributed by atoms with Crippen molar-refractivity contribution in [3.05, 3.63) is 57.1 Å². The summed E-state index contributed by atoms with van der Waals surface area (Å²) in [4.78, 5) is 0. The van der Waals surface area contributed by atoms with E-state index in [9.17, 15) is 15.8 Å². The quantitative estimate of drug-likeness (QED) is 0.378. The van der Waals surface area contributed by atoms with Gasteiger partial charge in [-0.05, 0) is 50.5 Å². The summed E-state index contributed by atoms with van der Waals surface area (Å²) in [6.07, 6.45) is 7.10. The number of nitriles is 3. The van der Waals surface area contributed by atoms with E-state index >= 15 is 0 Å². The summed E-state index contributed by atoms with van der Waals surface area (Å²) in [5.74, 6) is 0.406. The molecule has 2 aliphatic rings. The SMILES string of the molecule is CCO/C=C1\CC(C(C)(C)C)CC(/C=C/C2=C(C#N)C(=C(C#N)C#N)OC2(C)C)=C1Cl. The molecule has 1 atom stereocenters. The van der Waals surface area contributed by atoms with E-state index in [1.165, 1.54) is 0 Å². The van der Waals surface area contributed by atoms with Gasteiger partial charge in [-0.2, -0.15) is 15.8 Å². The molecule has 0 saturated heterocycles. The van der Waals surface area contributed by atoms with Crippen LogP contribution in [0.2, 0.25) is 0 Å². The number of ether oxygens (including phenoxy) is 2. The molecule has 0 N–H and O–H groups in total. The van der Waals surface area contributed by atoms with Crippen LogP contribution in [0, 0.1) is 45.3 Å². The average molecular weight is 438 g/mol. The molecule has 0 radical (unpaired) electrons. The lowest BCUT2D eigenvalue weighted by Crippen LogP contribution is -2.25. The van der Waals surface area contributed by atoms with Crippen molar-refractivity contribution in [3.63, 3.8) is 0 Å². The number of rotatable bonds is 4. The highest BCUT2D eigenvalue weighted by Crippen LogP contribution is 2.45. The summed E-state index contributed by atoms with van der Waals surface area (Å²) in [6, 6.07) is 5.72. The van der Waals surface area contributed by atoms with Gasteiger partial charge in [0.25, 0.3) is 0 Å². The smallest absolute Gasteiger partial charge is 0.172 e. The topological polar surface area (TPSA) is 89.8 Å². The standard InChI is InChI=1S/C25H28ClN3O2/c1-7-30-15-17-11-19(24(2,3)4)10-16(22(17)26)8-9-21-20(14-29)23(18(12-27)13-28)31-25(21,5)6/h8-9,15,19H,7,10-11H2,1-6H3/b9-8+,17-15+. The lowest BCUT2D eigenvalue weighted by Gasteiger charge is -2.35. The van der Waals surface area contributed by atoms with Crippen molar-refractivity contribution in [2.45, 2.75) is 60.0 Å². The number of hydrogen-bond donors (Lipinski definition) is 0. The summed E-state index contributed by atoms with van der Waals surface area (Å²) in [6.45, 7) is 12.7. The van der Waals surface area contributed by atoms with Crippen molar-refractivity contribution in [2.24, 2.45) is 11.3 Å². The molecule has 0 bridgehead atoms. The van der Waals surface area contributed by atoms with Crippen LogP contribution in [-0.2, 0) is 9.47 Å². The van der Waals surface area contributed by atoms with E-state index in [0.717, 1.165) is 24.0 Å². The summed E-state index contributed by atoms with van der Waals surface area (Å²) < 4.78 is 11.4. The molecular formula is C25H28ClN3O2. The molecule has 1 heterocycles. The minimum Gasteiger partial charge on any atom is -0.501 e. The van der Waals surface area contributed by atoms with Crippen molar-refractivity contribution < 1.29 is 9.47 Å². The van der Waals surface area contributed by atoms with Crippen LogP contribution in [0.25, 0.3) is 0 Å². The fraction of sp³-hybridized carbons (Fsp3) is 0.480. The van der Waals surface area contributed by atoms with E-state index in [2.05, 4.69) is 26.8 Å². The normalized spacial score (nSPS) is 22.3. The lowest BCUT2D eigenvalue weighted by atomic mass is 9.71. The Labute approximate surface area is 190 Å². The highest BCUT2D eigenvalue weighted by molar-refractivity contribution is 6.32. The maximum absolute atomic E-state index is 9.72. The molecule has 6 heteroatoms. The zero-order valence-electron chi connectivity index (χ0n) is 19.0. The predicted octanol–water partition coefficient (Wildman–Crippen LogP) is 6.34. The van der Waals surface area contributed by atoms with Crippen molar-refractivity contribution in [1.29, 1.82) is 15.8 Å². The van der Waals surface area contributed by atoms with Gasteiger partial charge in [0.05, 0.1) is 17.9 Å². The molecule has 1 aliphatic carbocycles. The van der Waals surface area contributed by atoms with Crippen LogP contribution >= 0.6 is 11.6 Å². The zero-order chi connectivity index (χ0) is 23.4. The minimum atomic E-state index is -0.856. The molecule has 0 saturated carbocycles. The molecule has 2 rings (SSSR count). The number of nitrogens with zero attached hydrogens (tertiary/aromatic N) is 3. The van der Waals surface area contributed by atoms with Crippen LogP contribution in [0.5, 0.6) is 0 Å². The summed E-state index contributed by atoms with van der Waals surface area (Å²) in [7, 11) is 0. The van der Waals surface area contributed by atoms with Gasteiger partial charge < -0.3 is 9.47 Å². The third-order valence-electron chi connectivity index (χ3n) is 5.63. The molecule has 0 aromatic rings. The van der Waals surface area contributed by atoms with Gasteiger partial charge in [-0.1, -0.05) is 44.5 Å². The molecule has 0 aromatic carbocycles. The van der Waals surface area contributed by atoms with Gasteiger partial charge in [-0.15, -0.1) is 0 Å². The molecule has 0 fully saturated rings. The Bertz CT molecular complexity index is 1010. The molecule has 1 aliphatic heterocycles. The average Bonchev–Trinajstić information content (AvgIpc) is 2.95. The van der Waals surface area contributed by atoms with Gasteiger partial charge in [0.15, 0.2) is 11.3 Å². The van der Waals surface area contributed by atoms with Gasteiger partial charge in [0.2, 0.25) is 0 Å². The molecule has 31 heavy (non-hydrogen) atoms. The van der Waals surface area contributed by atoms with Crippen molar-refractivity contribution in [2.75, 3.05) is 6.61 Å². The molecule has 162 valence electrons. The molecule has 0 spiro atoms.